The third-order valence-corrected chi connectivity index (χ3v) is 19.7. The highest BCUT2D eigenvalue weighted by Crippen LogP contribution is 2.73. The van der Waals surface area contributed by atoms with Gasteiger partial charge in [-0.25, -0.2) is 8.42 Å². The number of thioether (sulfide) groups is 1. The number of hydrogen-bond donors (Lipinski definition) is 3. The average Bonchev–Trinajstić information content (AvgIpc) is 3.53. The normalized spacial score (nSPS) is 40.5. The zero-order chi connectivity index (χ0) is 43.8. The molecule has 2 saturated heterocycles. The van der Waals surface area contributed by atoms with Crippen LogP contribution in [0.25, 0.3) is 0 Å². The molecule has 0 aromatic carbocycles. The largest absolute Gasteiger partial charge is 0.400 e. The van der Waals surface area contributed by atoms with Crippen LogP contribution in [0.15, 0.2) is 35.5 Å². The number of sulfone groups is 1. The lowest BCUT2D eigenvalue weighted by Crippen LogP contribution is -2.64. The Morgan fingerprint density at radius 3 is 2.12 bits per heavy atom. The standard InChI is InChI=1S/C38H60N2S.C4H9NO2S.C4H8.C2H6.CH4O.CH2O/c1-25-28-23-26(24-29(25)28)30-10-14-37(5)33(35(30,2)3)12-15-36(4)31-11-16-38(39-17-18-40-19-21-41-22-20-40)13-6-7-32(38)27(31)8-9-34(36)37;6-8(7)3-1-5-2-4-8;1-4(2)3;3*1-2/h10,23,25,27-29,31-34,39H,6-9,11-22,24H2,1-5H3;5H,1-4H2;1H2,2-3H3;1-2H3;2H,1H3;1H2/t25-,27?,28?,29?,31?,32-,33?,34+,36?,37?,38?;;;;;/m1...../s1. The summed E-state index contributed by atoms with van der Waals surface area (Å²) < 4.78 is 21.2. The molecule has 9 aliphatic rings. The molecule has 7 aliphatic carbocycles. The number of aliphatic hydroxyl groups excluding tert-OH is 1. The van der Waals surface area contributed by atoms with Crippen molar-refractivity contribution in [1.82, 2.24) is 15.5 Å². The van der Waals surface area contributed by atoms with Gasteiger partial charge in [-0.15, -0.1) is 6.58 Å². The van der Waals surface area contributed by atoms with Gasteiger partial charge in [0.05, 0.1) is 11.5 Å². The lowest BCUT2D eigenvalue weighted by atomic mass is 9.37. The van der Waals surface area contributed by atoms with Crippen molar-refractivity contribution in [3.63, 3.8) is 0 Å². The maximum Gasteiger partial charge on any atom is 0.152 e. The van der Waals surface area contributed by atoms with E-state index >= 15 is 0 Å². The van der Waals surface area contributed by atoms with Gasteiger partial charge in [0.2, 0.25) is 0 Å². The molecule has 2 heterocycles. The molecule has 340 valence electrons. The quantitative estimate of drug-likeness (QED) is 0.235. The summed E-state index contributed by atoms with van der Waals surface area (Å²) in [6.07, 6.45) is 21.6. The van der Waals surface area contributed by atoms with Crippen LogP contribution >= 0.6 is 11.8 Å². The van der Waals surface area contributed by atoms with Gasteiger partial charge in [0.1, 0.15) is 6.79 Å². The first-order valence-corrected chi connectivity index (χ1v) is 26.8. The van der Waals surface area contributed by atoms with Crippen molar-refractivity contribution in [1.29, 1.82) is 0 Å². The Kier molecular flexibility index (Phi) is 18.6. The number of nitrogens with zero attached hydrogens (tertiary/aromatic N) is 1. The lowest BCUT2D eigenvalue weighted by Gasteiger charge is -2.68. The molecule has 0 aromatic rings. The van der Waals surface area contributed by atoms with Crippen LogP contribution in [-0.2, 0) is 14.6 Å². The van der Waals surface area contributed by atoms with Crippen molar-refractivity contribution in [2.24, 2.45) is 63.6 Å². The third-order valence-electron chi connectivity index (χ3n) is 17.1. The number of allylic oxidation sites excluding steroid dienone is 5. The Hall–Kier alpha value is -0.970. The predicted molar refractivity (Wildman–Crippen MR) is 254 cm³/mol. The fourth-order valence-electron chi connectivity index (χ4n) is 14.6. The van der Waals surface area contributed by atoms with Gasteiger partial charge in [-0.2, -0.15) is 11.8 Å². The topological polar surface area (TPSA) is 98.7 Å². The SMILES string of the molecule is C=C(C)C.C=O.CC.CO.C[C@@H]1C2C=C(C3=CCC4(C)C(CCC5(C)C6CCC7(NCCN8CCSCC8)CCC[C@@H]7C6CC[C@@H]54)C3(C)C)CC21.O=S1(=O)CCNCC1. The maximum absolute atomic E-state index is 10.6. The van der Waals surface area contributed by atoms with E-state index in [4.69, 9.17) is 9.90 Å². The van der Waals surface area contributed by atoms with E-state index in [9.17, 15) is 8.42 Å². The second-order valence-electron chi connectivity index (χ2n) is 20.7. The summed E-state index contributed by atoms with van der Waals surface area (Å²) >= 11 is 2.14. The second-order valence-corrected chi connectivity index (χ2v) is 24.3. The van der Waals surface area contributed by atoms with Crippen molar-refractivity contribution in [3.8, 4) is 0 Å². The smallest absolute Gasteiger partial charge is 0.152 e. The van der Waals surface area contributed by atoms with E-state index < -0.39 is 9.84 Å². The highest BCUT2D eigenvalue weighted by Gasteiger charge is 2.65. The summed E-state index contributed by atoms with van der Waals surface area (Å²) in [6.45, 7) is 33.2. The van der Waals surface area contributed by atoms with Crippen LogP contribution in [0.5, 0.6) is 0 Å². The van der Waals surface area contributed by atoms with Crippen molar-refractivity contribution in [2.45, 2.75) is 138 Å². The molecule has 3 N–H and O–H groups in total. The maximum atomic E-state index is 10.6. The summed E-state index contributed by atoms with van der Waals surface area (Å²) in [5.74, 6) is 10.8. The van der Waals surface area contributed by atoms with Crippen LogP contribution in [0.1, 0.15) is 133 Å². The second kappa shape index (κ2) is 21.6. The van der Waals surface area contributed by atoms with Gasteiger partial charge in [-0.1, -0.05) is 72.6 Å². The lowest BCUT2D eigenvalue weighted by molar-refractivity contribution is -0.175. The fourth-order valence-corrected chi connectivity index (χ4v) is 16.7. The Morgan fingerprint density at radius 1 is 0.898 bits per heavy atom. The zero-order valence-corrected chi connectivity index (χ0v) is 41.1. The number of carbonyl (C=O) groups excluding carboxylic acids is 1. The summed E-state index contributed by atoms with van der Waals surface area (Å²) in [5.41, 5.74) is 6.54. The van der Waals surface area contributed by atoms with Crippen LogP contribution in [-0.4, -0.2) is 100 Å². The molecule has 9 rings (SSSR count). The van der Waals surface area contributed by atoms with Crippen molar-refractivity contribution < 1.29 is 18.3 Å². The van der Waals surface area contributed by atoms with Gasteiger partial charge in [0.25, 0.3) is 0 Å². The molecule has 7 fully saturated rings. The van der Waals surface area contributed by atoms with E-state index in [1.165, 1.54) is 114 Å². The molecule has 5 saturated carbocycles. The van der Waals surface area contributed by atoms with Crippen LogP contribution < -0.4 is 10.6 Å². The Labute approximate surface area is 367 Å². The molecular formula is C50H89N3O4S2. The molecule has 0 spiro atoms. The van der Waals surface area contributed by atoms with E-state index in [1.54, 1.807) is 11.1 Å². The minimum atomic E-state index is -2.65. The van der Waals surface area contributed by atoms with Gasteiger partial charge in [0.15, 0.2) is 9.84 Å². The van der Waals surface area contributed by atoms with E-state index in [-0.39, 0.29) is 0 Å². The third kappa shape index (κ3) is 10.9. The van der Waals surface area contributed by atoms with E-state index in [0.717, 1.165) is 54.5 Å². The molecule has 0 amide bonds. The number of aliphatic hydroxyl groups is 1. The summed E-state index contributed by atoms with van der Waals surface area (Å²) in [6, 6.07) is 0. The first kappa shape index (κ1) is 50.7. The van der Waals surface area contributed by atoms with E-state index in [0.29, 0.717) is 46.4 Å². The minimum Gasteiger partial charge on any atom is -0.400 e. The molecule has 0 radical (unpaired) electrons. The van der Waals surface area contributed by atoms with Gasteiger partial charge in [0, 0.05) is 63.4 Å². The molecule has 59 heavy (non-hydrogen) atoms. The zero-order valence-electron chi connectivity index (χ0n) is 39.5. The molecular weight excluding hydrogens is 771 g/mol. The summed E-state index contributed by atoms with van der Waals surface area (Å²) in [7, 11) is -1.65. The number of fused-ring (bicyclic) bond motifs is 8. The van der Waals surface area contributed by atoms with Gasteiger partial charge in [-0.05, 0) is 153 Å². The highest BCUT2D eigenvalue weighted by atomic mass is 32.2. The Morgan fingerprint density at radius 2 is 1.54 bits per heavy atom. The minimum absolute atomic E-state index is 0.312. The van der Waals surface area contributed by atoms with Crippen LogP contribution in [0.2, 0.25) is 0 Å². The Balaban J connectivity index is 0.000000363. The molecule has 0 aromatic heterocycles. The van der Waals surface area contributed by atoms with Crippen LogP contribution in [0, 0.1) is 63.6 Å². The first-order chi connectivity index (χ1) is 28.1. The molecule has 0 bridgehead atoms. The molecule has 7 nitrogen and oxygen atoms in total. The number of hydrogen-bond acceptors (Lipinski definition) is 8. The predicted octanol–water partition coefficient (Wildman–Crippen LogP) is 9.63. The van der Waals surface area contributed by atoms with E-state index in [2.05, 4.69) is 80.6 Å². The van der Waals surface area contributed by atoms with Gasteiger partial charge < -0.3 is 25.4 Å². The highest BCUT2D eigenvalue weighted by molar-refractivity contribution is 7.99. The Bertz CT molecular complexity index is 1520. The van der Waals surface area contributed by atoms with Crippen molar-refractivity contribution >= 4 is 28.4 Å². The monoisotopic (exact) mass is 860 g/mol. The van der Waals surface area contributed by atoms with Crippen molar-refractivity contribution in [3.05, 3.63) is 35.5 Å². The van der Waals surface area contributed by atoms with Crippen LogP contribution in [0.4, 0.5) is 0 Å². The molecule has 11 atom stereocenters. The molecule has 2 aliphatic heterocycles. The van der Waals surface area contributed by atoms with E-state index in [1.807, 2.05) is 34.5 Å². The number of rotatable bonds is 5. The molecule has 9 heteroatoms. The summed E-state index contributed by atoms with van der Waals surface area (Å²) in [5, 5.41) is 14.3. The summed E-state index contributed by atoms with van der Waals surface area (Å²) in [4.78, 5) is 10.7. The van der Waals surface area contributed by atoms with Gasteiger partial charge >= 0.3 is 0 Å². The first-order valence-electron chi connectivity index (χ1n) is 23.8. The fraction of sp³-hybridized carbons (Fsp3) is 0.860. The number of nitrogens with one attached hydrogen (secondary N) is 2. The van der Waals surface area contributed by atoms with Crippen molar-refractivity contribution in [2.75, 3.05) is 69.4 Å². The van der Waals surface area contributed by atoms with Crippen LogP contribution in [0.3, 0.4) is 0 Å². The average molecular weight is 860 g/mol. The van der Waals surface area contributed by atoms with Gasteiger partial charge in [-0.3, -0.25) is 0 Å². The number of carbonyl (C=O) groups is 1. The molecule has 8 unspecified atom stereocenters.